The van der Waals surface area contributed by atoms with Crippen molar-refractivity contribution < 1.29 is 9.90 Å². The molecule has 2 atom stereocenters. The lowest BCUT2D eigenvalue weighted by molar-refractivity contribution is -0.142. The van der Waals surface area contributed by atoms with Crippen LogP contribution in [0.1, 0.15) is 24.2 Å². The maximum Gasteiger partial charge on any atom is 0.308 e. The topological polar surface area (TPSA) is 53.4 Å². The van der Waals surface area contributed by atoms with E-state index in [1.54, 1.807) is 0 Å². The van der Waals surface area contributed by atoms with Crippen LogP contribution in [0.2, 0.25) is 0 Å². The minimum Gasteiger partial charge on any atom is -0.481 e. The lowest BCUT2D eigenvalue weighted by atomic mass is 9.92. The van der Waals surface area contributed by atoms with Crippen LogP contribution in [0.5, 0.6) is 0 Å². The van der Waals surface area contributed by atoms with Crippen LogP contribution in [-0.2, 0) is 11.3 Å². The molecule has 2 fully saturated rings. The summed E-state index contributed by atoms with van der Waals surface area (Å²) in [7, 11) is 0. The molecule has 19 heavy (non-hydrogen) atoms. The number of aromatic nitrogens is 1. The van der Waals surface area contributed by atoms with Gasteiger partial charge in [-0.3, -0.25) is 14.7 Å². The molecule has 2 heterocycles. The Morgan fingerprint density at radius 2 is 2.21 bits per heavy atom. The molecule has 0 radical (unpaired) electrons. The number of carbonyl (C=O) groups is 1. The molecule has 0 bridgehead atoms. The molecular weight excluding hydrogens is 240 g/mol. The molecule has 1 aliphatic carbocycles. The molecule has 4 heteroatoms. The summed E-state index contributed by atoms with van der Waals surface area (Å²) in [5.74, 6) is 0.188. The number of aliphatic carboxylic acids is 1. The third kappa shape index (κ3) is 2.78. The van der Waals surface area contributed by atoms with Crippen LogP contribution >= 0.6 is 0 Å². The summed E-state index contributed by atoms with van der Waals surface area (Å²) >= 11 is 0. The second kappa shape index (κ2) is 4.93. The Labute approximate surface area is 113 Å². The van der Waals surface area contributed by atoms with Crippen molar-refractivity contribution in [3.8, 4) is 0 Å². The fraction of sp³-hybridized carbons (Fsp3) is 0.600. The lowest BCUT2D eigenvalue weighted by Crippen LogP contribution is -2.24. The molecular formula is C15H20N2O2. The zero-order chi connectivity index (χ0) is 13.4. The zero-order valence-electron chi connectivity index (χ0n) is 11.2. The minimum absolute atomic E-state index is 0.183. The molecule has 1 aliphatic heterocycles. The monoisotopic (exact) mass is 260 g/mol. The number of nitrogens with zero attached hydrogens (tertiary/aromatic N) is 2. The molecule has 3 rings (SSSR count). The van der Waals surface area contributed by atoms with Crippen molar-refractivity contribution in [2.24, 2.45) is 17.8 Å². The van der Waals surface area contributed by atoms with Crippen molar-refractivity contribution in [2.45, 2.75) is 26.3 Å². The highest BCUT2D eigenvalue weighted by Crippen LogP contribution is 2.44. The maximum absolute atomic E-state index is 11.4. The van der Waals surface area contributed by atoms with Gasteiger partial charge in [-0.05, 0) is 43.7 Å². The predicted octanol–water partition coefficient (Wildman–Crippen LogP) is 1.93. The Bertz CT molecular complexity index is 485. The van der Waals surface area contributed by atoms with E-state index < -0.39 is 5.97 Å². The second-order valence-electron chi connectivity index (χ2n) is 5.91. The Kier molecular flexibility index (Phi) is 3.27. The second-order valence-corrected chi connectivity index (χ2v) is 5.91. The fourth-order valence-electron chi connectivity index (χ4n) is 3.22. The number of hydrogen-bond donors (Lipinski definition) is 1. The number of rotatable bonds is 4. The molecule has 2 aliphatic rings. The molecule has 0 unspecified atom stereocenters. The highest BCUT2D eigenvalue weighted by atomic mass is 16.4. The molecule has 1 aromatic heterocycles. The molecule has 4 nitrogen and oxygen atoms in total. The van der Waals surface area contributed by atoms with Crippen LogP contribution in [0.15, 0.2) is 18.2 Å². The van der Waals surface area contributed by atoms with Gasteiger partial charge in [0, 0.05) is 25.3 Å². The lowest BCUT2D eigenvalue weighted by Gasteiger charge is -2.15. The largest absolute Gasteiger partial charge is 0.481 e. The summed E-state index contributed by atoms with van der Waals surface area (Å²) in [5.41, 5.74) is 2.06. The van der Waals surface area contributed by atoms with Crippen LogP contribution in [0, 0.1) is 24.7 Å². The minimum atomic E-state index is -0.628. The van der Waals surface area contributed by atoms with Gasteiger partial charge in [0.25, 0.3) is 0 Å². The SMILES string of the molecule is Cc1cccc(CN2C[C@H](C(=O)O)[C@@H](C3CC3)C2)n1. The summed E-state index contributed by atoms with van der Waals surface area (Å²) in [5, 5.41) is 9.35. The van der Waals surface area contributed by atoms with Crippen molar-refractivity contribution in [3.05, 3.63) is 29.6 Å². The van der Waals surface area contributed by atoms with Gasteiger partial charge in [0.2, 0.25) is 0 Å². The predicted molar refractivity (Wildman–Crippen MR) is 71.6 cm³/mol. The molecule has 1 saturated carbocycles. The van der Waals surface area contributed by atoms with Crippen molar-refractivity contribution in [1.29, 1.82) is 0 Å². The quantitative estimate of drug-likeness (QED) is 0.898. The van der Waals surface area contributed by atoms with Gasteiger partial charge >= 0.3 is 5.97 Å². The molecule has 1 aromatic rings. The average molecular weight is 260 g/mol. The van der Waals surface area contributed by atoms with Crippen molar-refractivity contribution in [1.82, 2.24) is 9.88 Å². The summed E-state index contributed by atoms with van der Waals surface area (Å²) in [6, 6.07) is 6.02. The molecule has 1 saturated heterocycles. The number of hydrogen-bond acceptors (Lipinski definition) is 3. The number of likely N-dealkylation sites (tertiary alicyclic amines) is 1. The van der Waals surface area contributed by atoms with Crippen molar-refractivity contribution >= 4 is 5.97 Å². The number of aryl methyl sites for hydroxylation is 1. The van der Waals surface area contributed by atoms with Gasteiger partial charge in [0.05, 0.1) is 11.6 Å². The summed E-state index contributed by atoms with van der Waals surface area (Å²) < 4.78 is 0. The van der Waals surface area contributed by atoms with E-state index in [0.29, 0.717) is 18.4 Å². The first-order valence-electron chi connectivity index (χ1n) is 7.01. The molecule has 0 amide bonds. The molecule has 0 spiro atoms. The van der Waals surface area contributed by atoms with Crippen molar-refractivity contribution in [2.75, 3.05) is 13.1 Å². The van der Waals surface area contributed by atoms with Gasteiger partial charge in [0.15, 0.2) is 0 Å². The maximum atomic E-state index is 11.4. The summed E-state index contributed by atoms with van der Waals surface area (Å²) in [6.45, 7) is 4.35. The van der Waals surface area contributed by atoms with Crippen LogP contribution in [-0.4, -0.2) is 34.0 Å². The summed E-state index contributed by atoms with van der Waals surface area (Å²) in [4.78, 5) is 18.1. The van der Waals surface area contributed by atoms with Gasteiger partial charge in [-0.15, -0.1) is 0 Å². The summed E-state index contributed by atoms with van der Waals surface area (Å²) in [6.07, 6.45) is 2.43. The van der Waals surface area contributed by atoms with Crippen LogP contribution in [0.4, 0.5) is 0 Å². The number of pyridine rings is 1. The van der Waals surface area contributed by atoms with Gasteiger partial charge < -0.3 is 5.11 Å². The van der Waals surface area contributed by atoms with Gasteiger partial charge in [-0.1, -0.05) is 6.07 Å². The van der Waals surface area contributed by atoms with Gasteiger partial charge in [0.1, 0.15) is 0 Å². The third-order valence-electron chi connectivity index (χ3n) is 4.32. The fourth-order valence-corrected chi connectivity index (χ4v) is 3.22. The Morgan fingerprint density at radius 3 is 2.84 bits per heavy atom. The molecule has 0 aromatic carbocycles. The van der Waals surface area contributed by atoms with Crippen LogP contribution in [0.3, 0.4) is 0 Å². The van der Waals surface area contributed by atoms with Crippen LogP contribution in [0.25, 0.3) is 0 Å². The first-order valence-corrected chi connectivity index (χ1v) is 7.01. The van der Waals surface area contributed by atoms with E-state index in [1.165, 1.54) is 12.8 Å². The highest BCUT2D eigenvalue weighted by Gasteiger charge is 2.45. The van der Waals surface area contributed by atoms with Gasteiger partial charge in [-0.25, -0.2) is 0 Å². The van der Waals surface area contributed by atoms with E-state index in [9.17, 15) is 9.90 Å². The van der Waals surface area contributed by atoms with Crippen LogP contribution < -0.4 is 0 Å². The molecule has 1 N–H and O–H groups in total. The van der Waals surface area contributed by atoms with E-state index in [1.807, 2.05) is 25.1 Å². The zero-order valence-corrected chi connectivity index (χ0v) is 11.2. The normalized spacial score (nSPS) is 27.6. The Balaban J connectivity index is 1.68. The van der Waals surface area contributed by atoms with Crippen molar-refractivity contribution in [3.63, 3.8) is 0 Å². The van der Waals surface area contributed by atoms with E-state index in [0.717, 1.165) is 24.5 Å². The number of carboxylic acids is 1. The number of carboxylic acid groups (broad SMARTS) is 1. The molecule has 102 valence electrons. The highest BCUT2D eigenvalue weighted by molar-refractivity contribution is 5.71. The Hall–Kier alpha value is -1.42. The van der Waals surface area contributed by atoms with Gasteiger partial charge in [-0.2, -0.15) is 0 Å². The average Bonchev–Trinajstić information content (AvgIpc) is 3.11. The first-order chi connectivity index (χ1) is 9.13. The first kappa shape index (κ1) is 12.6. The Morgan fingerprint density at radius 1 is 1.42 bits per heavy atom. The van der Waals surface area contributed by atoms with E-state index >= 15 is 0 Å². The smallest absolute Gasteiger partial charge is 0.308 e. The third-order valence-corrected chi connectivity index (χ3v) is 4.32. The van der Waals surface area contributed by atoms with E-state index in [2.05, 4.69) is 9.88 Å². The standard InChI is InChI=1S/C15H20N2O2/c1-10-3-2-4-12(16-10)7-17-8-13(11-5-6-11)14(9-17)15(18)19/h2-4,11,13-14H,5-9H2,1H3,(H,18,19)/t13-,14+/m1/s1. The van der Waals surface area contributed by atoms with E-state index in [-0.39, 0.29) is 5.92 Å². The van der Waals surface area contributed by atoms with E-state index in [4.69, 9.17) is 0 Å².